The first-order valence-electron chi connectivity index (χ1n) is 3.91. The Morgan fingerprint density at radius 1 is 1.36 bits per heavy atom. The molecule has 0 unspecified atom stereocenters. The van der Waals surface area contributed by atoms with Crippen LogP contribution in [0, 0.1) is 0 Å². The number of nitrogens with one attached hydrogen (secondary N) is 1. The molecule has 0 aromatic heterocycles. The number of anilines is 1. The molecule has 1 aromatic carbocycles. The smallest absolute Gasteiger partial charge is 0.232 e. The van der Waals surface area contributed by atoms with Gasteiger partial charge in [-0.05, 0) is 19.1 Å². The predicted octanol–water partition coefficient (Wildman–Crippen LogP) is 2.76. The van der Waals surface area contributed by atoms with E-state index in [1.54, 1.807) is 25.1 Å². The molecule has 0 spiro atoms. The predicted molar refractivity (Wildman–Crippen MR) is 59.5 cm³/mol. The van der Waals surface area contributed by atoms with Gasteiger partial charge >= 0.3 is 0 Å². The molecule has 1 rings (SSSR count). The largest absolute Gasteiger partial charge is 0.282 e. The van der Waals surface area contributed by atoms with Gasteiger partial charge in [0.05, 0.1) is 21.5 Å². The summed E-state index contributed by atoms with van der Waals surface area (Å²) >= 11 is 11.5. The van der Waals surface area contributed by atoms with Crippen LogP contribution in [0.5, 0.6) is 0 Å². The van der Waals surface area contributed by atoms with Crippen molar-refractivity contribution in [3.8, 4) is 0 Å². The highest BCUT2D eigenvalue weighted by Crippen LogP contribution is 2.30. The molecule has 0 saturated carbocycles. The van der Waals surface area contributed by atoms with Gasteiger partial charge in [-0.2, -0.15) is 0 Å². The zero-order valence-electron chi connectivity index (χ0n) is 7.42. The van der Waals surface area contributed by atoms with Gasteiger partial charge in [0.1, 0.15) is 0 Å². The van der Waals surface area contributed by atoms with Gasteiger partial charge in [-0.15, -0.1) is 0 Å². The lowest BCUT2D eigenvalue weighted by atomic mass is 10.3. The minimum atomic E-state index is -3.30. The van der Waals surface area contributed by atoms with E-state index >= 15 is 0 Å². The summed E-state index contributed by atoms with van der Waals surface area (Å²) in [5.74, 6) is -0.00412. The van der Waals surface area contributed by atoms with Gasteiger partial charge < -0.3 is 0 Å². The number of hydrogen-bond acceptors (Lipinski definition) is 2. The first kappa shape index (κ1) is 11.6. The summed E-state index contributed by atoms with van der Waals surface area (Å²) in [5, 5.41) is 0.536. The molecule has 0 bridgehead atoms. The number of benzene rings is 1. The quantitative estimate of drug-likeness (QED) is 0.901. The summed E-state index contributed by atoms with van der Waals surface area (Å²) in [6, 6.07) is 4.77. The standard InChI is InChI=1S/C8H9Cl2NO2S/c1-2-14(12,13)11-7-5-3-4-6(9)8(7)10/h3-5,11H,2H2,1H3. The highest BCUT2D eigenvalue weighted by atomic mass is 35.5. The van der Waals surface area contributed by atoms with Gasteiger partial charge in [-0.1, -0.05) is 29.3 Å². The van der Waals surface area contributed by atoms with Gasteiger partial charge in [-0.3, -0.25) is 4.72 Å². The number of hydrogen-bond donors (Lipinski definition) is 1. The fraction of sp³-hybridized carbons (Fsp3) is 0.250. The number of halogens is 2. The Hall–Kier alpha value is -0.450. The number of sulfonamides is 1. The first-order chi connectivity index (χ1) is 6.46. The molecule has 0 aliphatic rings. The normalized spacial score (nSPS) is 11.4. The summed E-state index contributed by atoms with van der Waals surface area (Å²) in [7, 11) is -3.30. The highest BCUT2D eigenvalue weighted by molar-refractivity contribution is 7.92. The second kappa shape index (κ2) is 4.38. The second-order valence-corrected chi connectivity index (χ2v) is 5.40. The Morgan fingerprint density at radius 2 is 2.00 bits per heavy atom. The first-order valence-corrected chi connectivity index (χ1v) is 6.31. The van der Waals surface area contributed by atoms with Crippen LogP contribution in [0.4, 0.5) is 5.69 Å². The lowest BCUT2D eigenvalue weighted by Crippen LogP contribution is -2.14. The van der Waals surface area contributed by atoms with Crippen molar-refractivity contribution in [1.29, 1.82) is 0 Å². The van der Waals surface area contributed by atoms with Crippen LogP contribution in [-0.4, -0.2) is 14.2 Å². The van der Waals surface area contributed by atoms with Gasteiger partial charge in [0.2, 0.25) is 10.0 Å². The van der Waals surface area contributed by atoms with Crippen LogP contribution in [0.2, 0.25) is 10.0 Å². The topological polar surface area (TPSA) is 46.2 Å². The van der Waals surface area contributed by atoms with Gasteiger partial charge in [0.25, 0.3) is 0 Å². The van der Waals surface area contributed by atoms with Crippen LogP contribution in [0.3, 0.4) is 0 Å². The molecule has 1 aromatic rings. The Bertz CT molecular complexity index is 431. The third-order valence-electron chi connectivity index (χ3n) is 1.60. The van der Waals surface area contributed by atoms with Crippen molar-refractivity contribution in [2.45, 2.75) is 6.92 Å². The van der Waals surface area contributed by atoms with E-state index in [1.165, 1.54) is 0 Å². The molecule has 0 heterocycles. The highest BCUT2D eigenvalue weighted by Gasteiger charge is 2.10. The summed E-state index contributed by atoms with van der Waals surface area (Å²) < 4.78 is 24.8. The van der Waals surface area contributed by atoms with E-state index in [0.29, 0.717) is 10.7 Å². The number of rotatable bonds is 3. The van der Waals surface area contributed by atoms with E-state index in [2.05, 4.69) is 4.72 Å². The summed E-state index contributed by atoms with van der Waals surface area (Å²) in [6.45, 7) is 1.54. The van der Waals surface area contributed by atoms with Crippen LogP contribution < -0.4 is 4.72 Å². The van der Waals surface area contributed by atoms with Crippen molar-refractivity contribution in [3.63, 3.8) is 0 Å². The Morgan fingerprint density at radius 3 is 2.57 bits per heavy atom. The molecule has 78 valence electrons. The molecular weight excluding hydrogens is 245 g/mol. The van der Waals surface area contributed by atoms with Crippen LogP contribution in [0.25, 0.3) is 0 Å². The lowest BCUT2D eigenvalue weighted by molar-refractivity contribution is 0.602. The van der Waals surface area contributed by atoms with Gasteiger partial charge in [0.15, 0.2) is 0 Å². The lowest BCUT2D eigenvalue weighted by Gasteiger charge is -2.08. The monoisotopic (exact) mass is 253 g/mol. The maximum Gasteiger partial charge on any atom is 0.232 e. The van der Waals surface area contributed by atoms with E-state index in [9.17, 15) is 8.42 Å². The van der Waals surface area contributed by atoms with E-state index in [1.807, 2.05) is 0 Å². The average Bonchev–Trinajstić information content (AvgIpc) is 2.13. The SMILES string of the molecule is CCS(=O)(=O)Nc1cccc(Cl)c1Cl. The van der Waals surface area contributed by atoms with Crippen LogP contribution in [0.1, 0.15) is 6.92 Å². The summed E-state index contributed by atoms with van der Waals surface area (Å²) in [5.41, 5.74) is 0.306. The Kier molecular flexibility index (Phi) is 3.64. The molecular formula is C8H9Cl2NO2S. The second-order valence-electron chi connectivity index (χ2n) is 2.61. The van der Waals surface area contributed by atoms with Crippen molar-refractivity contribution < 1.29 is 8.42 Å². The molecule has 0 aliphatic heterocycles. The van der Waals surface area contributed by atoms with Crippen molar-refractivity contribution in [2.24, 2.45) is 0 Å². The van der Waals surface area contributed by atoms with Crippen molar-refractivity contribution >= 4 is 38.9 Å². The molecule has 1 N–H and O–H groups in total. The molecule has 0 atom stereocenters. The van der Waals surface area contributed by atoms with Crippen molar-refractivity contribution in [2.75, 3.05) is 10.5 Å². The molecule has 14 heavy (non-hydrogen) atoms. The average molecular weight is 254 g/mol. The van der Waals surface area contributed by atoms with Crippen LogP contribution in [-0.2, 0) is 10.0 Å². The van der Waals surface area contributed by atoms with Crippen molar-refractivity contribution in [3.05, 3.63) is 28.2 Å². The molecule has 0 amide bonds. The zero-order chi connectivity index (χ0) is 10.8. The Labute approximate surface area is 93.1 Å². The molecule has 0 saturated heterocycles. The fourth-order valence-electron chi connectivity index (χ4n) is 0.822. The summed E-state index contributed by atoms with van der Waals surface area (Å²) in [6.07, 6.45) is 0. The molecule has 3 nitrogen and oxygen atoms in total. The third kappa shape index (κ3) is 2.77. The molecule has 0 radical (unpaired) electrons. The third-order valence-corrected chi connectivity index (χ3v) is 3.71. The van der Waals surface area contributed by atoms with E-state index in [4.69, 9.17) is 23.2 Å². The fourth-order valence-corrected chi connectivity index (χ4v) is 1.88. The van der Waals surface area contributed by atoms with Crippen molar-refractivity contribution in [1.82, 2.24) is 0 Å². The van der Waals surface area contributed by atoms with Gasteiger partial charge in [0, 0.05) is 0 Å². The summed E-state index contributed by atoms with van der Waals surface area (Å²) in [4.78, 5) is 0. The van der Waals surface area contributed by atoms with Crippen LogP contribution >= 0.6 is 23.2 Å². The minimum absolute atomic E-state index is 0.00412. The molecule has 6 heteroatoms. The maximum absolute atomic E-state index is 11.2. The van der Waals surface area contributed by atoms with E-state index in [-0.39, 0.29) is 10.8 Å². The maximum atomic E-state index is 11.2. The minimum Gasteiger partial charge on any atom is -0.282 e. The molecule has 0 aliphatic carbocycles. The Balaban J connectivity index is 3.05. The van der Waals surface area contributed by atoms with Gasteiger partial charge in [-0.25, -0.2) is 8.42 Å². The molecule has 0 fully saturated rings. The van der Waals surface area contributed by atoms with E-state index < -0.39 is 10.0 Å². The van der Waals surface area contributed by atoms with Crippen LogP contribution in [0.15, 0.2) is 18.2 Å². The van der Waals surface area contributed by atoms with E-state index in [0.717, 1.165) is 0 Å². The zero-order valence-corrected chi connectivity index (χ0v) is 9.75.